The van der Waals surface area contributed by atoms with Crippen molar-refractivity contribution in [2.24, 2.45) is 5.92 Å². The molecule has 2 fully saturated rings. The van der Waals surface area contributed by atoms with Crippen molar-refractivity contribution in [3.63, 3.8) is 0 Å². The van der Waals surface area contributed by atoms with Crippen LogP contribution >= 0.6 is 0 Å². The summed E-state index contributed by atoms with van der Waals surface area (Å²) in [5.74, 6) is 1.28. The van der Waals surface area contributed by atoms with Crippen LogP contribution < -0.4 is 0 Å². The molecule has 1 aliphatic carbocycles. The highest BCUT2D eigenvalue weighted by molar-refractivity contribution is 5.79. The van der Waals surface area contributed by atoms with E-state index in [2.05, 4.69) is 18.7 Å². The van der Waals surface area contributed by atoms with Gasteiger partial charge in [0.05, 0.1) is 0 Å². The van der Waals surface area contributed by atoms with Gasteiger partial charge in [-0.2, -0.15) is 0 Å². The molecule has 1 aliphatic heterocycles. The first-order valence-corrected chi connectivity index (χ1v) is 6.49. The molecule has 86 valence electrons. The third-order valence-corrected chi connectivity index (χ3v) is 4.23. The Morgan fingerprint density at radius 1 is 1.40 bits per heavy atom. The van der Waals surface area contributed by atoms with Crippen LogP contribution in [0.4, 0.5) is 0 Å². The second-order valence-corrected chi connectivity index (χ2v) is 5.27. The monoisotopic (exact) mass is 209 g/mol. The standard InChI is InChI=1S/C13H23NO/c1-3-4-11-5-6-12(15)9-13(11)14-8-7-10(14)2/h10-11,13H,3-9H2,1-2H3. The van der Waals surface area contributed by atoms with E-state index < -0.39 is 0 Å². The Kier molecular flexibility index (Phi) is 3.45. The number of ketones is 1. The van der Waals surface area contributed by atoms with Crippen LogP contribution in [0.25, 0.3) is 0 Å². The van der Waals surface area contributed by atoms with Crippen molar-refractivity contribution < 1.29 is 4.79 Å². The molecule has 2 aliphatic rings. The fourth-order valence-corrected chi connectivity index (χ4v) is 3.17. The van der Waals surface area contributed by atoms with Gasteiger partial charge in [-0.3, -0.25) is 9.69 Å². The first-order chi connectivity index (χ1) is 7.22. The zero-order chi connectivity index (χ0) is 10.8. The Hall–Kier alpha value is -0.370. The topological polar surface area (TPSA) is 20.3 Å². The summed E-state index contributed by atoms with van der Waals surface area (Å²) in [6.45, 7) is 5.78. The fourth-order valence-electron chi connectivity index (χ4n) is 3.17. The van der Waals surface area contributed by atoms with E-state index in [-0.39, 0.29) is 0 Å². The summed E-state index contributed by atoms with van der Waals surface area (Å²) in [4.78, 5) is 14.1. The Balaban J connectivity index is 1.99. The molecule has 0 aromatic heterocycles. The lowest BCUT2D eigenvalue weighted by molar-refractivity contribution is -0.125. The third-order valence-electron chi connectivity index (χ3n) is 4.23. The second-order valence-electron chi connectivity index (χ2n) is 5.27. The average Bonchev–Trinajstić information content (AvgIpc) is 2.20. The molecule has 15 heavy (non-hydrogen) atoms. The number of Topliss-reactive ketones (excluding diaryl/α,β-unsaturated/α-hetero) is 1. The van der Waals surface area contributed by atoms with Crippen molar-refractivity contribution in [2.75, 3.05) is 6.54 Å². The quantitative estimate of drug-likeness (QED) is 0.712. The van der Waals surface area contributed by atoms with Gasteiger partial charge < -0.3 is 0 Å². The van der Waals surface area contributed by atoms with E-state index in [0.717, 1.165) is 31.2 Å². The SMILES string of the molecule is CCCC1CCC(=O)CC1N1CCC1C. The summed E-state index contributed by atoms with van der Waals surface area (Å²) >= 11 is 0. The van der Waals surface area contributed by atoms with Crippen LogP contribution in [0.5, 0.6) is 0 Å². The van der Waals surface area contributed by atoms with Gasteiger partial charge in [0, 0.05) is 31.5 Å². The summed E-state index contributed by atoms with van der Waals surface area (Å²) in [7, 11) is 0. The maximum Gasteiger partial charge on any atom is 0.134 e. The van der Waals surface area contributed by atoms with Gasteiger partial charge in [0.1, 0.15) is 5.78 Å². The Morgan fingerprint density at radius 2 is 2.20 bits per heavy atom. The number of carbonyl (C=O) groups is 1. The van der Waals surface area contributed by atoms with Crippen molar-refractivity contribution in [1.82, 2.24) is 4.90 Å². The molecule has 0 spiro atoms. The van der Waals surface area contributed by atoms with Gasteiger partial charge in [0.15, 0.2) is 0 Å². The first-order valence-electron chi connectivity index (χ1n) is 6.49. The maximum atomic E-state index is 11.5. The molecule has 0 aromatic carbocycles. The molecular formula is C13H23NO. The minimum absolute atomic E-state index is 0.492. The molecule has 0 N–H and O–H groups in total. The van der Waals surface area contributed by atoms with E-state index in [9.17, 15) is 4.79 Å². The van der Waals surface area contributed by atoms with Crippen LogP contribution in [-0.4, -0.2) is 29.3 Å². The molecule has 0 amide bonds. The summed E-state index contributed by atoms with van der Waals surface area (Å²) in [5.41, 5.74) is 0. The normalized spacial score (nSPS) is 37.7. The molecule has 1 heterocycles. The van der Waals surface area contributed by atoms with Gasteiger partial charge in [-0.1, -0.05) is 13.3 Å². The van der Waals surface area contributed by atoms with Gasteiger partial charge in [-0.25, -0.2) is 0 Å². The van der Waals surface area contributed by atoms with Crippen LogP contribution in [0, 0.1) is 5.92 Å². The highest BCUT2D eigenvalue weighted by atomic mass is 16.1. The summed E-state index contributed by atoms with van der Waals surface area (Å²) in [6, 6.07) is 1.30. The van der Waals surface area contributed by atoms with E-state index in [0.29, 0.717) is 11.8 Å². The molecule has 2 rings (SSSR count). The number of rotatable bonds is 3. The molecule has 2 heteroatoms. The second kappa shape index (κ2) is 4.65. The molecule has 1 saturated carbocycles. The lowest BCUT2D eigenvalue weighted by Crippen LogP contribution is -2.56. The van der Waals surface area contributed by atoms with Crippen molar-refractivity contribution in [3.8, 4) is 0 Å². The fraction of sp³-hybridized carbons (Fsp3) is 0.923. The van der Waals surface area contributed by atoms with E-state index in [1.165, 1.54) is 25.8 Å². The highest BCUT2D eigenvalue weighted by Crippen LogP contribution is 2.34. The zero-order valence-electron chi connectivity index (χ0n) is 10.0. The Labute approximate surface area is 93.0 Å². The predicted octanol–water partition coefficient (Wildman–Crippen LogP) is 2.62. The smallest absolute Gasteiger partial charge is 0.134 e. The Morgan fingerprint density at radius 3 is 2.73 bits per heavy atom. The molecular weight excluding hydrogens is 186 g/mol. The molecule has 3 unspecified atom stereocenters. The number of hydrogen-bond donors (Lipinski definition) is 0. The minimum atomic E-state index is 0.492. The van der Waals surface area contributed by atoms with Crippen LogP contribution in [0.2, 0.25) is 0 Å². The van der Waals surface area contributed by atoms with Crippen molar-refractivity contribution in [1.29, 1.82) is 0 Å². The maximum absolute atomic E-state index is 11.5. The largest absolute Gasteiger partial charge is 0.300 e. The molecule has 3 atom stereocenters. The highest BCUT2D eigenvalue weighted by Gasteiger charge is 2.38. The van der Waals surface area contributed by atoms with Gasteiger partial charge in [-0.15, -0.1) is 0 Å². The number of likely N-dealkylation sites (tertiary alicyclic amines) is 1. The van der Waals surface area contributed by atoms with Gasteiger partial charge in [-0.05, 0) is 32.1 Å². The van der Waals surface area contributed by atoms with E-state index in [1.54, 1.807) is 0 Å². The van der Waals surface area contributed by atoms with Crippen LogP contribution in [0.3, 0.4) is 0 Å². The molecule has 0 bridgehead atoms. The van der Waals surface area contributed by atoms with E-state index >= 15 is 0 Å². The van der Waals surface area contributed by atoms with Gasteiger partial charge >= 0.3 is 0 Å². The van der Waals surface area contributed by atoms with Crippen molar-refractivity contribution in [2.45, 2.75) is 64.5 Å². The predicted molar refractivity (Wildman–Crippen MR) is 61.8 cm³/mol. The molecule has 0 aromatic rings. The summed E-state index contributed by atoms with van der Waals surface area (Å²) < 4.78 is 0. The number of nitrogens with zero attached hydrogens (tertiary/aromatic N) is 1. The molecule has 2 nitrogen and oxygen atoms in total. The van der Waals surface area contributed by atoms with Crippen LogP contribution in [0.1, 0.15) is 52.4 Å². The van der Waals surface area contributed by atoms with Crippen LogP contribution in [-0.2, 0) is 4.79 Å². The zero-order valence-corrected chi connectivity index (χ0v) is 10.0. The minimum Gasteiger partial charge on any atom is -0.300 e. The number of hydrogen-bond acceptors (Lipinski definition) is 2. The third kappa shape index (κ3) is 2.25. The van der Waals surface area contributed by atoms with Gasteiger partial charge in [0.2, 0.25) is 0 Å². The van der Waals surface area contributed by atoms with Crippen LogP contribution in [0.15, 0.2) is 0 Å². The Bertz CT molecular complexity index is 239. The molecule has 1 saturated heterocycles. The molecule has 0 radical (unpaired) electrons. The van der Waals surface area contributed by atoms with Gasteiger partial charge in [0.25, 0.3) is 0 Å². The summed E-state index contributed by atoms with van der Waals surface area (Å²) in [5, 5.41) is 0. The number of carbonyl (C=O) groups excluding carboxylic acids is 1. The van der Waals surface area contributed by atoms with E-state index in [4.69, 9.17) is 0 Å². The average molecular weight is 209 g/mol. The van der Waals surface area contributed by atoms with Crippen molar-refractivity contribution in [3.05, 3.63) is 0 Å². The van der Waals surface area contributed by atoms with E-state index in [1.807, 2.05) is 0 Å². The summed E-state index contributed by atoms with van der Waals surface area (Å²) in [6.07, 6.45) is 6.70. The first kappa shape index (κ1) is 11.1. The lowest BCUT2D eigenvalue weighted by atomic mass is 9.78. The lowest BCUT2D eigenvalue weighted by Gasteiger charge is -2.48. The van der Waals surface area contributed by atoms with Crippen molar-refractivity contribution >= 4 is 5.78 Å².